The van der Waals surface area contributed by atoms with Crippen molar-refractivity contribution in [3.8, 4) is 5.75 Å². The van der Waals surface area contributed by atoms with Gasteiger partial charge in [0.25, 0.3) is 0 Å². The van der Waals surface area contributed by atoms with Crippen LogP contribution in [0.3, 0.4) is 0 Å². The second kappa shape index (κ2) is 6.03. The van der Waals surface area contributed by atoms with Crippen LogP contribution in [0.15, 0.2) is 23.1 Å². The Morgan fingerprint density at radius 2 is 2.14 bits per heavy atom. The number of benzene rings is 1. The largest absolute Gasteiger partial charge is 0.550 e. The van der Waals surface area contributed by atoms with Crippen molar-refractivity contribution in [2.75, 3.05) is 20.2 Å². The van der Waals surface area contributed by atoms with Gasteiger partial charge in [-0.1, -0.05) is 6.07 Å². The number of carboxylic acids is 1. The minimum Gasteiger partial charge on any atom is -0.550 e. The van der Waals surface area contributed by atoms with E-state index in [4.69, 9.17) is 4.74 Å². The second-order valence-electron chi connectivity index (χ2n) is 5.18. The van der Waals surface area contributed by atoms with Crippen LogP contribution >= 0.6 is 0 Å². The summed E-state index contributed by atoms with van der Waals surface area (Å²) in [5, 5.41) is 11.0. The fourth-order valence-corrected chi connectivity index (χ4v) is 4.24. The van der Waals surface area contributed by atoms with E-state index in [0.29, 0.717) is 19.4 Å². The number of hydrogen-bond donors (Lipinski definition) is 0. The summed E-state index contributed by atoms with van der Waals surface area (Å²) in [6.07, 6.45) is 0.950. The number of nitrogens with zero attached hydrogens (tertiary/aromatic N) is 1. The number of carboxylic acid groups (broad SMARTS) is 1. The SMILES string of the molecule is COc1ccc(C)cc1S(=O)(=O)N1CCC[C@@H](C(=O)[O-])C1. The van der Waals surface area contributed by atoms with Gasteiger partial charge in [0.2, 0.25) is 10.0 Å². The Balaban J connectivity index is 2.38. The summed E-state index contributed by atoms with van der Waals surface area (Å²) in [5.74, 6) is -1.70. The number of carbonyl (C=O) groups is 1. The Hall–Kier alpha value is -1.60. The maximum absolute atomic E-state index is 12.7. The molecule has 1 heterocycles. The highest BCUT2D eigenvalue weighted by Gasteiger charge is 2.32. The van der Waals surface area contributed by atoms with Crippen molar-refractivity contribution >= 4 is 16.0 Å². The summed E-state index contributed by atoms with van der Waals surface area (Å²) in [5.41, 5.74) is 0.794. The first-order valence-electron chi connectivity index (χ1n) is 6.72. The number of hydrogen-bond acceptors (Lipinski definition) is 5. The highest BCUT2D eigenvalue weighted by Crippen LogP contribution is 2.30. The van der Waals surface area contributed by atoms with E-state index in [1.54, 1.807) is 19.1 Å². The molecular formula is C14H18NO5S-. The summed E-state index contributed by atoms with van der Waals surface area (Å²) >= 11 is 0. The molecule has 116 valence electrons. The lowest BCUT2D eigenvalue weighted by Crippen LogP contribution is -2.46. The highest BCUT2D eigenvalue weighted by molar-refractivity contribution is 7.89. The molecule has 0 radical (unpaired) electrons. The standard InChI is InChI=1S/C14H19NO5S/c1-10-5-6-12(20-2)13(8-10)21(18,19)15-7-3-4-11(9-15)14(16)17/h5-6,8,11H,3-4,7,9H2,1-2H3,(H,16,17)/p-1/t11-/m1/s1. The smallest absolute Gasteiger partial charge is 0.246 e. The predicted octanol–water partition coefficient (Wildman–Crippen LogP) is 0.154. The normalized spacial score (nSPS) is 20.2. The zero-order valence-electron chi connectivity index (χ0n) is 12.0. The summed E-state index contributed by atoms with van der Waals surface area (Å²) in [4.78, 5) is 11.1. The maximum atomic E-state index is 12.7. The van der Waals surface area contributed by atoms with Gasteiger partial charge in [-0.3, -0.25) is 0 Å². The van der Waals surface area contributed by atoms with E-state index in [1.165, 1.54) is 17.5 Å². The van der Waals surface area contributed by atoms with E-state index in [-0.39, 0.29) is 17.2 Å². The van der Waals surface area contributed by atoms with Crippen LogP contribution < -0.4 is 9.84 Å². The van der Waals surface area contributed by atoms with Crippen LogP contribution in [0.1, 0.15) is 18.4 Å². The van der Waals surface area contributed by atoms with E-state index >= 15 is 0 Å². The van der Waals surface area contributed by atoms with E-state index in [9.17, 15) is 18.3 Å². The van der Waals surface area contributed by atoms with Gasteiger partial charge in [-0.05, 0) is 37.5 Å². The minimum atomic E-state index is -3.78. The number of piperidine rings is 1. The Labute approximate surface area is 124 Å². The van der Waals surface area contributed by atoms with Crippen molar-refractivity contribution in [3.05, 3.63) is 23.8 Å². The minimum absolute atomic E-state index is 0.0538. The average Bonchev–Trinajstić information content (AvgIpc) is 2.47. The molecule has 2 rings (SSSR count). The van der Waals surface area contributed by atoms with Gasteiger partial charge in [-0.25, -0.2) is 8.42 Å². The van der Waals surface area contributed by atoms with E-state index in [1.807, 2.05) is 0 Å². The third-order valence-corrected chi connectivity index (χ3v) is 5.54. The molecule has 21 heavy (non-hydrogen) atoms. The van der Waals surface area contributed by atoms with Crippen LogP contribution in [-0.2, 0) is 14.8 Å². The summed E-state index contributed by atoms with van der Waals surface area (Å²) in [6.45, 7) is 2.05. The molecule has 0 unspecified atom stereocenters. The third-order valence-electron chi connectivity index (χ3n) is 3.65. The molecule has 0 aromatic heterocycles. The van der Waals surface area contributed by atoms with Crippen molar-refractivity contribution in [2.24, 2.45) is 5.92 Å². The first kappa shape index (κ1) is 15.8. The molecule has 1 aliphatic rings. The van der Waals surface area contributed by atoms with Gasteiger partial charge in [-0.15, -0.1) is 0 Å². The lowest BCUT2D eigenvalue weighted by Gasteiger charge is -2.32. The molecule has 0 spiro atoms. The highest BCUT2D eigenvalue weighted by atomic mass is 32.2. The molecule has 1 aromatic rings. The Kier molecular flexibility index (Phi) is 4.53. The molecule has 1 saturated heterocycles. The number of aryl methyl sites for hydroxylation is 1. The quantitative estimate of drug-likeness (QED) is 0.790. The van der Waals surface area contributed by atoms with Gasteiger partial charge < -0.3 is 14.6 Å². The third kappa shape index (κ3) is 3.19. The van der Waals surface area contributed by atoms with Gasteiger partial charge in [0.15, 0.2) is 0 Å². The number of methoxy groups -OCH3 is 1. The lowest BCUT2D eigenvalue weighted by atomic mass is 10.0. The fraction of sp³-hybridized carbons (Fsp3) is 0.500. The predicted molar refractivity (Wildman–Crippen MR) is 74.2 cm³/mol. The Morgan fingerprint density at radius 1 is 1.43 bits per heavy atom. The molecule has 0 amide bonds. The lowest BCUT2D eigenvalue weighted by molar-refractivity contribution is -0.312. The zero-order chi connectivity index (χ0) is 15.6. The first-order valence-corrected chi connectivity index (χ1v) is 8.16. The summed E-state index contributed by atoms with van der Waals surface area (Å²) in [7, 11) is -2.37. The summed E-state index contributed by atoms with van der Waals surface area (Å²) < 4.78 is 31.8. The number of rotatable bonds is 4. The van der Waals surface area contributed by atoms with Crippen LogP contribution in [0.5, 0.6) is 5.75 Å². The second-order valence-corrected chi connectivity index (χ2v) is 7.08. The van der Waals surface area contributed by atoms with Crippen LogP contribution in [0, 0.1) is 12.8 Å². The van der Waals surface area contributed by atoms with Crippen LogP contribution in [-0.4, -0.2) is 38.9 Å². The first-order chi connectivity index (χ1) is 9.86. The number of ether oxygens (including phenoxy) is 1. The number of aliphatic carboxylic acids is 1. The van der Waals surface area contributed by atoms with E-state index < -0.39 is 21.9 Å². The van der Waals surface area contributed by atoms with Crippen molar-refractivity contribution in [1.82, 2.24) is 4.31 Å². The topological polar surface area (TPSA) is 86.7 Å². The summed E-state index contributed by atoms with van der Waals surface area (Å²) in [6, 6.07) is 4.90. The Bertz CT molecular complexity index is 641. The molecule has 0 aliphatic carbocycles. The van der Waals surface area contributed by atoms with Gasteiger partial charge in [-0.2, -0.15) is 4.31 Å². The van der Waals surface area contributed by atoms with Crippen LogP contribution in [0.25, 0.3) is 0 Å². The van der Waals surface area contributed by atoms with Crippen molar-refractivity contribution < 1.29 is 23.1 Å². The zero-order valence-corrected chi connectivity index (χ0v) is 12.9. The molecule has 1 fully saturated rings. The average molecular weight is 312 g/mol. The van der Waals surface area contributed by atoms with Gasteiger partial charge in [0, 0.05) is 25.0 Å². The fourth-order valence-electron chi connectivity index (χ4n) is 2.48. The monoisotopic (exact) mass is 312 g/mol. The van der Waals surface area contributed by atoms with E-state index in [2.05, 4.69) is 0 Å². The van der Waals surface area contributed by atoms with E-state index in [0.717, 1.165) is 5.56 Å². The molecule has 0 bridgehead atoms. The molecule has 7 heteroatoms. The number of sulfonamides is 1. The molecule has 1 atom stereocenters. The molecule has 0 saturated carbocycles. The Morgan fingerprint density at radius 3 is 2.76 bits per heavy atom. The van der Waals surface area contributed by atoms with Crippen molar-refractivity contribution in [1.29, 1.82) is 0 Å². The van der Waals surface area contributed by atoms with Crippen molar-refractivity contribution in [3.63, 3.8) is 0 Å². The number of carbonyl (C=O) groups excluding carboxylic acids is 1. The van der Waals surface area contributed by atoms with Crippen LogP contribution in [0.4, 0.5) is 0 Å². The molecule has 1 aromatic carbocycles. The van der Waals surface area contributed by atoms with Crippen molar-refractivity contribution in [2.45, 2.75) is 24.7 Å². The van der Waals surface area contributed by atoms with Gasteiger partial charge >= 0.3 is 0 Å². The van der Waals surface area contributed by atoms with Gasteiger partial charge in [0.05, 0.1) is 7.11 Å². The molecule has 1 aliphatic heterocycles. The maximum Gasteiger partial charge on any atom is 0.246 e. The van der Waals surface area contributed by atoms with Gasteiger partial charge in [0.1, 0.15) is 10.6 Å². The molecule has 0 N–H and O–H groups in total. The molecular weight excluding hydrogens is 294 g/mol. The van der Waals surface area contributed by atoms with Crippen LogP contribution in [0.2, 0.25) is 0 Å². The molecule has 6 nitrogen and oxygen atoms in total.